The molecule has 110 valence electrons. The number of carbonyl (C=O) groups is 1. The molecule has 1 saturated heterocycles. The summed E-state index contributed by atoms with van der Waals surface area (Å²) in [7, 11) is -3.14. The molecule has 5 nitrogen and oxygen atoms in total. The Morgan fingerprint density at radius 2 is 2.05 bits per heavy atom. The zero-order valence-electron chi connectivity index (χ0n) is 11.8. The van der Waals surface area contributed by atoms with Gasteiger partial charge in [0.2, 0.25) is 15.9 Å². The lowest BCUT2D eigenvalue weighted by atomic mass is 10.0. The average Bonchev–Trinajstić information content (AvgIpc) is 3.11. The monoisotopic (exact) mass is 288 g/mol. The van der Waals surface area contributed by atoms with Crippen LogP contribution in [0.5, 0.6) is 0 Å². The molecule has 0 bridgehead atoms. The highest BCUT2D eigenvalue weighted by molar-refractivity contribution is 7.88. The predicted octanol–water partition coefficient (Wildman–Crippen LogP) is 0.963. The van der Waals surface area contributed by atoms with Crippen LogP contribution in [-0.4, -0.2) is 44.0 Å². The summed E-state index contributed by atoms with van der Waals surface area (Å²) in [6.45, 7) is 3.12. The fraction of sp³-hybridized carbons (Fsp3) is 0.923. The normalized spacial score (nSPS) is 26.9. The van der Waals surface area contributed by atoms with Crippen LogP contribution in [0.3, 0.4) is 0 Å². The predicted molar refractivity (Wildman–Crippen MR) is 74.1 cm³/mol. The first-order valence-electron chi connectivity index (χ1n) is 7.10. The molecule has 2 atom stereocenters. The third-order valence-corrected chi connectivity index (χ3v) is 5.42. The summed E-state index contributed by atoms with van der Waals surface area (Å²) in [4.78, 5) is 11.9. The van der Waals surface area contributed by atoms with E-state index in [1.165, 1.54) is 23.4 Å². The van der Waals surface area contributed by atoms with Crippen molar-refractivity contribution in [2.45, 2.75) is 45.1 Å². The van der Waals surface area contributed by atoms with Crippen LogP contribution in [0.15, 0.2) is 0 Å². The number of amides is 1. The second-order valence-electron chi connectivity index (χ2n) is 6.05. The zero-order chi connectivity index (χ0) is 14.0. The number of nitrogens with zero attached hydrogens (tertiary/aromatic N) is 1. The molecular formula is C13H24N2O3S. The van der Waals surface area contributed by atoms with Gasteiger partial charge < -0.3 is 5.32 Å². The van der Waals surface area contributed by atoms with E-state index < -0.39 is 10.0 Å². The van der Waals surface area contributed by atoms with Crippen molar-refractivity contribution in [1.82, 2.24) is 9.62 Å². The van der Waals surface area contributed by atoms with E-state index in [-0.39, 0.29) is 11.9 Å². The van der Waals surface area contributed by atoms with Crippen molar-refractivity contribution in [2.24, 2.45) is 11.8 Å². The van der Waals surface area contributed by atoms with E-state index in [4.69, 9.17) is 0 Å². The maximum atomic E-state index is 11.9. The van der Waals surface area contributed by atoms with Crippen molar-refractivity contribution in [2.75, 3.05) is 19.3 Å². The molecule has 1 aliphatic carbocycles. The molecule has 0 aromatic carbocycles. The fourth-order valence-corrected chi connectivity index (χ4v) is 3.68. The highest BCUT2D eigenvalue weighted by Gasteiger charge is 2.31. The lowest BCUT2D eigenvalue weighted by molar-refractivity contribution is -0.123. The van der Waals surface area contributed by atoms with E-state index in [1.54, 1.807) is 0 Å². The van der Waals surface area contributed by atoms with Crippen LogP contribution in [0.25, 0.3) is 0 Å². The van der Waals surface area contributed by atoms with Crippen LogP contribution in [0, 0.1) is 11.8 Å². The van der Waals surface area contributed by atoms with Gasteiger partial charge in [0.25, 0.3) is 0 Å². The molecule has 6 heteroatoms. The third kappa shape index (κ3) is 4.45. The molecule has 1 aliphatic heterocycles. The van der Waals surface area contributed by atoms with E-state index in [0.29, 0.717) is 25.4 Å². The fourth-order valence-electron chi connectivity index (χ4n) is 2.77. The molecule has 0 radical (unpaired) electrons. The molecule has 0 aromatic heterocycles. The van der Waals surface area contributed by atoms with Gasteiger partial charge in [0.15, 0.2) is 0 Å². The molecule has 2 unspecified atom stereocenters. The Morgan fingerprint density at radius 1 is 1.37 bits per heavy atom. The number of hydrogen-bond donors (Lipinski definition) is 1. The van der Waals surface area contributed by atoms with E-state index in [0.717, 1.165) is 18.8 Å². The van der Waals surface area contributed by atoms with Crippen molar-refractivity contribution >= 4 is 15.9 Å². The van der Waals surface area contributed by atoms with Gasteiger partial charge in [-0.1, -0.05) is 6.92 Å². The van der Waals surface area contributed by atoms with Crippen LogP contribution >= 0.6 is 0 Å². The summed E-state index contributed by atoms with van der Waals surface area (Å²) in [5.74, 6) is 1.25. The van der Waals surface area contributed by atoms with Gasteiger partial charge in [-0.15, -0.1) is 0 Å². The van der Waals surface area contributed by atoms with Crippen LogP contribution in [-0.2, 0) is 14.8 Å². The van der Waals surface area contributed by atoms with Gasteiger partial charge in [-0.05, 0) is 37.5 Å². The molecule has 0 aromatic rings. The van der Waals surface area contributed by atoms with Crippen molar-refractivity contribution in [3.05, 3.63) is 0 Å². The van der Waals surface area contributed by atoms with E-state index in [2.05, 4.69) is 12.2 Å². The molecule has 1 heterocycles. The molecule has 2 aliphatic rings. The maximum Gasteiger partial charge on any atom is 0.220 e. The number of rotatable bonds is 5. The van der Waals surface area contributed by atoms with Gasteiger partial charge >= 0.3 is 0 Å². The number of nitrogens with one attached hydrogen (secondary N) is 1. The minimum atomic E-state index is -3.14. The summed E-state index contributed by atoms with van der Waals surface area (Å²) in [5, 5.41) is 2.99. The molecule has 1 N–H and O–H groups in total. The molecule has 2 rings (SSSR count). The largest absolute Gasteiger partial charge is 0.352 e. The van der Waals surface area contributed by atoms with Crippen LogP contribution in [0.2, 0.25) is 0 Å². The summed E-state index contributed by atoms with van der Waals surface area (Å²) in [6.07, 6.45) is 5.98. The van der Waals surface area contributed by atoms with E-state index >= 15 is 0 Å². The van der Waals surface area contributed by atoms with E-state index in [1.807, 2.05) is 0 Å². The molecule has 1 saturated carbocycles. The Morgan fingerprint density at radius 3 is 2.63 bits per heavy atom. The smallest absolute Gasteiger partial charge is 0.220 e. The number of carbonyl (C=O) groups excluding carboxylic acids is 1. The van der Waals surface area contributed by atoms with Gasteiger partial charge in [0.05, 0.1) is 6.26 Å². The Bertz CT molecular complexity index is 431. The zero-order valence-corrected chi connectivity index (χ0v) is 12.6. The third-order valence-electron chi connectivity index (χ3n) is 4.15. The standard InChI is InChI=1S/C13H24N2O3S/c1-10(11-5-6-11)8-13(16)14-12-4-3-7-15(9-12)19(2,17)18/h10-12H,3-9H2,1-2H3,(H,14,16). The molecule has 19 heavy (non-hydrogen) atoms. The van der Waals surface area contributed by atoms with Gasteiger partial charge in [-0.3, -0.25) is 4.79 Å². The number of piperidine rings is 1. The Hall–Kier alpha value is -0.620. The quantitative estimate of drug-likeness (QED) is 0.819. The minimum Gasteiger partial charge on any atom is -0.352 e. The Balaban J connectivity index is 1.79. The van der Waals surface area contributed by atoms with Gasteiger partial charge in [0.1, 0.15) is 0 Å². The lowest BCUT2D eigenvalue weighted by Crippen LogP contribution is -2.49. The summed E-state index contributed by atoms with van der Waals surface area (Å²) >= 11 is 0. The molecule has 1 amide bonds. The summed E-state index contributed by atoms with van der Waals surface area (Å²) in [6, 6.07) is -0.0256. The van der Waals surface area contributed by atoms with Crippen LogP contribution in [0.1, 0.15) is 39.0 Å². The lowest BCUT2D eigenvalue weighted by Gasteiger charge is -2.31. The SMILES string of the molecule is CC(CC(=O)NC1CCCN(S(C)(=O)=O)C1)C1CC1. The second-order valence-corrected chi connectivity index (χ2v) is 8.03. The molecule has 0 spiro atoms. The summed E-state index contributed by atoms with van der Waals surface area (Å²) in [5.41, 5.74) is 0. The highest BCUT2D eigenvalue weighted by Crippen LogP contribution is 2.38. The maximum absolute atomic E-state index is 11.9. The van der Waals surface area contributed by atoms with Crippen molar-refractivity contribution in [3.8, 4) is 0 Å². The Labute approximate surface area is 115 Å². The van der Waals surface area contributed by atoms with Gasteiger partial charge in [-0.25, -0.2) is 12.7 Å². The topological polar surface area (TPSA) is 66.5 Å². The highest BCUT2D eigenvalue weighted by atomic mass is 32.2. The van der Waals surface area contributed by atoms with Gasteiger partial charge in [0, 0.05) is 25.6 Å². The molecular weight excluding hydrogens is 264 g/mol. The Kier molecular flexibility index (Phi) is 4.50. The van der Waals surface area contributed by atoms with Crippen LogP contribution in [0.4, 0.5) is 0 Å². The first-order chi connectivity index (χ1) is 8.86. The first-order valence-corrected chi connectivity index (χ1v) is 8.95. The van der Waals surface area contributed by atoms with Crippen molar-refractivity contribution in [1.29, 1.82) is 0 Å². The summed E-state index contributed by atoms with van der Waals surface area (Å²) < 4.78 is 24.5. The van der Waals surface area contributed by atoms with Crippen LogP contribution < -0.4 is 5.32 Å². The molecule has 2 fully saturated rings. The number of hydrogen-bond acceptors (Lipinski definition) is 3. The van der Waals surface area contributed by atoms with E-state index in [9.17, 15) is 13.2 Å². The number of sulfonamides is 1. The average molecular weight is 288 g/mol. The second kappa shape index (κ2) is 5.79. The first kappa shape index (κ1) is 14.8. The minimum absolute atomic E-state index is 0.0256. The van der Waals surface area contributed by atoms with Gasteiger partial charge in [-0.2, -0.15) is 0 Å². The van der Waals surface area contributed by atoms with Crippen molar-refractivity contribution < 1.29 is 13.2 Å². The van der Waals surface area contributed by atoms with Crippen molar-refractivity contribution in [3.63, 3.8) is 0 Å².